The smallest absolute Gasteiger partial charge is 0.243 e. The number of hydrogen-bond donors (Lipinski definition) is 2. The molecule has 0 fully saturated rings. The van der Waals surface area contributed by atoms with Crippen LogP contribution in [-0.4, -0.2) is 43.5 Å². The first-order valence-corrected chi connectivity index (χ1v) is 9.97. The highest BCUT2D eigenvalue weighted by atomic mass is 16.5. The van der Waals surface area contributed by atoms with Gasteiger partial charge in [-0.05, 0) is 61.7 Å². The standard InChI is InChI=1S/C23H31N3O3/c1-5-17(2)29-21-13-11-19(12-14-21)24-16-22(27)25-20-9-6-18(7-10-20)8-15-23(28)26(3)4/h6-7,9-14,17,24H,5,8,15-16H2,1-4H3,(H,25,27). The fraction of sp³-hybridized carbons (Fsp3) is 0.391. The number of nitrogens with zero attached hydrogens (tertiary/aromatic N) is 1. The Labute approximate surface area is 173 Å². The molecule has 1 atom stereocenters. The number of carbonyl (C=O) groups is 2. The van der Waals surface area contributed by atoms with Crippen molar-refractivity contribution >= 4 is 23.2 Å². The molecule has 0 aromatic heterocycles. The SMILES string of the molecule is CCC(C)Oc1ccc(NCC(=O)Nc2ccc(CCC(=O)N(C)C)cc2)cc1. The third kappa shape index (κ3) is 7.86. The maximum atomic E-state index is 12.2. The Hall–Kier alpha value is -3.02. The lowest BCUT2D eigenvalue weighted by molar-refractivity contribution is -0.128. The van der Waals surface area contributed by atoms with E-state index in [1.807, 2.05) is 55.5 Å². The Morgan fingerprint density at radius 3 is 2.21 bits per heavy atom. The Morgan fingerprint density at radius 2 is 1.62 bits per heavy atom. The van der Waals surface area contributed by atoms with Crippen molar-refractivity contribution in [3.8, 4) is 5.75 Å². The summed E-state index contributed by atoms with van der Waals surface area (Å²) in [5, 5.41) is 5.97. The van der Waals surface area contributed by atoms with Gasteiger partial charge >= 0.3 is 0 Å². The molecule has 0 heterocycles. The zero-order valence-corrected chi connectivity index (χ0v) is 17.7. The molecule has 2 N–H and O–H groups in total. The normalized spacial score (nSPS) is 11.4. The molecular weight excluding hydrogens is 366 g/mol. The molecule has 0 aliphatic heterocycles. The van der Waals surface area contributed by atoms with Crippen molar-refractivity contribution in [1.29, 1.82) is 0 Å². The van der Waals surface area contributed by atoms with E-state index in [9.17, 15) is 9.59 Å². The summed E-state index contributed by atoms with van der Waals surface area (Å²) in [6.45, 7) is 4.29. The maximum absolute atomic E-state index is 12.2. The fourth-order valence-electron chi connectivity index (χ4n) is 2.58. The molecule has 0 bridgehead atoms. The van der Waals surface area contributed by atoms with Gasteiger partial charge in [-0.15, -0.1) is 0 Å². The number of hydrogen-bond acceptors (Lipinski definition) is 4. The van der Waals surface area contributed by atoms with E-state index in [0.717, 1.165) is 29.1 Å². The summed E-state index contributed by atoms with van der Waals surface area (Å²) < 4.78 is 5.75. The van der Waals surface area contributed by atoms with Crippen molar-refractivity contribution in [1.82, 2.24) is 4.90 Å². The first kappa shape index (κ1) is 22.3. The summed E-state index contributed by atoms with van der Waals surface area (Å²) >= 11 is 0. The van der Waals surface area contributed by atoms with Crippen LogP contribution in [-0.2, 0) is 16.0 Å². The molecule has 0 radical (unpaired) electrons. The van der Waals surface area contributed by atoms with E-state index in [2.05, 4.69) is 17.6 Å². The van der Waals surface area contributed by atoms with E-state index in [-0.39, 0.29) is 24.5 Å². The summed E-state index contributed by atoms with van der Waals surface area (Å²) in [6, 6.07) is 15.2. The monoisotopic (exact) mass is 397 g/mol. The van der Waals surface area contributed by atoms with Gasteiger partial charge in [-0.1, -0.05) is 19.1 Å². The fourth-order valence-corrected chi connectivity index (χ4v) is 2.58. The molecule has 6 heteroatoms. The lowest BCUT2D eigenvalue weighted by Crippen LogP contribution is -2.22. The molecule has 2 aromatic carbocycles. The number of aryl methyl sites for hydroxylation is 1. The highest BCUT2D eigenvalue weighted by Crippen LogP contribution is 2.17. The molecule has 2 rings (SSSR count). The van der Waals surface area contributed by atoms with E-state index in [1.54, 1.807) is 19.0 Å². The molecule has 156 valence electrons. The van der Waals surface area contributed by atoms with Gasteiger partial charge < -0.3 is 20.3 Å². The predicted octanol–water partition coefficient (Wildman–Crippen LogP) is 3.94. The third-order valence-corrected chi connectivity index (χ3v) is 4.58. The number of ether oxygens (including phenoxy) is 1. The molecule has 0 saturated carbocycles. The van der Waals surface area contributed by atoms with Crippen LogP contribution in [0.2, 0.25) is 0 Å². The van der Waals surface area contributed by atoms with Crippen LogP contribution in [0.25, 0.3) is 0 Å². The van der Waals surface area contributed by atoms with E-state index in [1.165, 1.54) is 0 Å². The second kappa shape index (κ2) is 11.1. The van der Waals surface area contributed by atoms with Gasteiger partial charge in [-0.25, -0.2) is 0 Å². The van der Waals surface area contributed by atoms with Gasteiger partial charge in [0.25, 0.3) is 0 Å². The summed E-state index contributed by atoms with van der Waals surface area (Å²) in [5.74, 6) is 0.801. The summed E-state index contributed by atoms with van der Waals surface area (Å²) in [4.78, 5) is 25.4. The number of amides is 2. The number of nitrogens with one attached hydrogen (secondary N) is 2. The molecule has 6 nitrogen and oxygen atoms in total. The van der Waals surface area contributed by atoms with Gasteiger partial charge in [0, 0.05) is 31.9 Å². The van der Waals surface area contributed by atoms with Crippen LogP contribution < -0.4 is 15.4 Å². The second-order valence-electron chi connectivity index (χ2n) is 7.25. The third-order valence-electron chi connectivity index (χ3n) is 4.58. The number of benzene rings is 2. The second-order valence-corrected chi connectivity index (χ2v) is 7.25. The number of anilines is 2. The molecule has 0 aliphatic rings. The topological polar surface area (TPSA) is 70.7 Å². The zero-order valence-electron chi connectivity index (χ0n) is 17.7. The average Bonchev–Trinajstić information content (AvgIpc) is 2.72. The van der Waals surface area contributed by atoms with E-state index in [0.29, 0.717) is 12.8 Å². The van der Waals surface area contributed by atoms with Crippen LogP contribution in [0.15, 0.2) is 48.5 Å². The van der Waals surface area contributed by atoms with Gasteiger partial charge in [-0.3, -0.25) is 9.59 Å². The molecule has 1 unspecified atom stereocenters. The minimum absolute atomic E-state index is 0.105. The molecule has 0 spiro atoms. The summed E-state index contributed by atoms with van der Waals surface area (Å²) in [5.41, 5.74) is 2.66. The lowest BCUT2D eigenvalue weighted by Gasteiger charge is -2.13. The quantitative estimate of drug-likeness (QED) is 0.637. The number of carbonyl (C=O) groups excluding carboxylic acids is 2. The van der Waals surface area contributed by atoms with Gasteiger partial charge in [0.15, 0.2) is 0 Å². The average molecular weight is 398 g/mol. The van der Waals surface area contributed by atoms with Crippen molar-refractivity contribution in [2.45, 2.75) is 39.2 Å². The minimum atomic E-state index is -0.125. The summed E-state index contributed by atoms with van der Waals surface area (Å²) in [7, 11) is 3.51. The highest BCUT2D eigenvalue weighted by molar-refractivity contribution is 5.93. The largest absolute Gasteiger partial charge is 0.491 e. The van der Waals surface area contributed by atoms with Crippen LogP contribution in [0.5, 0.6) is 5.75 Å². The van der Waals surface area contributed by atoms with Gasteiger partial charge in [0.1, 0.15) is 5.75 Å². The first-order chi connectivity index (χ1) is 13.9. The van der Waals surface area contributed by atoms with Crippen LogP contribution in [0, 0.1) is 0 Å². The molecule has 2 aromatic rings. The first-order valence-electron chi connectivity index (χ1n) is 9.97. The van der Waals surface area contributed by atoms with Crippen molar-refractivity contribution in [2.75, 3.05) is 31.3 Å². The van der Waals surface area contributed by atoms with Crippen molar-refractivity contribution < 1.29 is 14.3 Å². The molecule has 0 saturated heterocycles. The Balaban J connectivity index is 1.76. The van der Waals surface area contributed by atoms with Crippen LogP contribution >= 0.6 is 0 Å². The molecule has 0 aliphatic carbocycles. The van der Waals surface area contributed by atoms with E-state index in [4.69, 9.17) is 4.74 Å². The minimum Gasteiger partial charge on any atom is -0.491 e. The molecular formula is C23H31N3O3. The zero-order chi connectivity index (χ0) is 21.2. The number of rotatable bonds is 10. The van der Waals surface area contributed by atoms with Crippen LogP contribution in [0.4, 0.5) is 11.4 Å². The Bertz CT molecular complexity index is 786. The lowest BCUT2D eigenvalue weighted by atomic mass is 10.1. The van der Waals surface area contributed by atoms with Gasteiger partial charge in [0.2, 0.25) is 11.8 Å². The highest BCUT2D eigenvalue weighted by Gasteiger charge is 2.06. The van der Waals surface area contributed by atoms with Crippen LogP contribution in [0.1, 0.15) is 32.3 Å². The molecule has 2 amide bonds. The van der Waals surface area contributed by atoms with Crippen molar-refractivity contribution in [2.24, 2.45) is 0 Å². The van der Waals surface area contributed by atoms with Gasteiger partial charge in [-0.2, -0.15) is 0 Å². The Kier molecular flexibility index (Phi) is 8.52. The van der Waals surface area contributed by atoms with Gasteiger partial charge in [0.05, 0.1) is 12.6 Å². The van der Waals surface area contributed by atoms with Crippen LogP contribution in [0.3, 0.4) is 0 Å². The molecule has 29 heavy (non-hydrogen) atoms. The Morgan fingerprint density at radius 1 is 1.00 bits per heavy atom. The maximum Gasteiger partial charge on any atom is 0.243 e. The summed E-state index contributed by atoms with van der Waals surface area (Å²) in [6.07, 6.45) is 2.29. The predicted molar refractivity (Wildman–Crippen MR) is 117 cm³/mol. The van der Waals surface area contributed by atoms with E-state index >= 15 is 0 Å². The van der Waals surface area contributed by atoms with E-state index < -0.39 is 0 Å². The van der Waals surface area contributed by atoms with Crippen molar-refractivity contribution in [3.63, 3.8) is 0 Å². The van der Waals surface area contributed by atoms with Crippen molar-refractivity contribution in [3.05, 3.63) is 54.1 Å².